The van der Waals surface area contributed by atoms with Gasteiger partial charge < -0.3 is 9.79 Å². The third-order valence-corrected chi connectivity index (χ3v) is 2.93. The van der Waals surface area contributed by atoms with Crippen molar-refractivity contribution < 1.29 is 49.5 Å². The summed E-state index contributed by atoms with van der Waals surface area (Å²) in [6.07, 6.45) is -11.9. The molecule has 0 saturated carbocycles. The summed E-state index contributed by atoms with van der Waals surface area (Å²) in [6.45, 7) is -2.87. The molecular formula is C9H15F8O3P. The normalized spacial score (nSPS) is 14.4. The summed E-state index contributed by atoms with van der Waals surface area (Å²) in [6, 6.07) is 0. The van der Waals surface area contributed by atoms with E-state index in [9.17, 15) is 39.7 Å². The molecular weight excluding hydrogens is 339 g/mol. The van der Waals surface area contributed by atoms with Crippen molar-refractivity contribution in [2.75, 3.05) is 19.5 Å². The average molecular weight is 354 g/mol. The molecule has 1 atom stereocenters. The van der Waals surface area contributed by atoms with E-state index < -0.39 is 58.2 Å². The van der Waals surface area contributed by atoms with Crippen LogP contribution in [0.4, 0.5) is 35.1 Å². The van der Waals surface area contributed by atoms with Crippen LogP contribution in [-0.4, -0.2) is 41.7 Å². The van der Waals surface area contributed by atoms with E-state index >= 15 is 0 Å². The van der Waals surface area contributed by atoms with Crippen molar-refractivity contribution in [3.05, 3.63) is 0 Å². The summed E-state index contributed by atoms with van der Waals surface area (Å²) >= 11 is 0. The van der Waals surface area contributed by atoms with E-state index in [1.807, 2.05) is 0 Å². The zero-order chi connectivity index (χ0) is 17.3. The zero-order valence-corrected chi connectivity index (χ0v) is 11.5. The fraction of sp³-hybridized carbons (Fsp3) is 1.00. The molecule has 0 saturated heterocycles. The molecule has 0 rings (SSSR count). The minimum atomic E-state index is -4.64. The zero-order valence-electron chi connectivity index (χ0n) is 10.6. The van der Waals surface area contributed by atoms with E-state index in [1.165, 1.54) is 0 Å². The molecule has 0 aromatic carbocycles. The maximum absolute atomic E-state index is 11.9. The maximum atomic E-state index is 11.9. The molecule has 0 heterocycles. The van der Waals surface area contributed by atoms with Gasteiger partial charge >= 0.3 is 19.9 Å². The van der Waals surface area contributed by atoms with Gasteiger partial charge in [0.2, 0.25) is 0 Å². The second-order valence-electron chi connectivity index (χ2n) is 3.98. The fourth-order valence-electron chi connectivity index (χ4n) is 0.979. The maximum Gasteiger partial charge on any atom is 0.394 e. The molecule has 1 unspecified atom stereocenters. The lowest BCUT2D eigenvalue weighted by atomic mass is 10.1. The summed E-state index contributed by atoms with van der Waals surface area (Å²) < 4.78 is 101. The van der Waals surface area contributed by atoms with Crippen molar-refractivity contribution in [1.29, 1.82) is 0 Å². The first-order valence-corrected chi connectivity index (χ1v) is 7.32. The first-order chi connectivity index (χ1) is 9.23. The minimum Gasteiger partial charge on any atom is -0.324 e. The Balaban J connectivity index is 0. The molecule has 0 aliphatic rings. The van der Waals surface area contributed by atoms with Crippen molar-refractivity contribution in [3.8, 4) is 0 Å². The van der Waals surface area contributed by atoms with E-state index in [-0.39, 0.29) is 6.42 Å². The summed E-state index contributed by atoms with van der Waals surface area (Å²) in [5.41, 5.74) is 0. The summed E-state index contributed by atoms with van der Waals surface area (Å²) in [7, 11) is -4.27. The fourth-order valence-corrected chi connectivity index (χ4v) is 1.57. The van der Waals surface area contributed by atoms with Crippen LogP contribution < -0.4 is 0 Å². The molecule has 0 aliphatic carbocycles. The molecule has 12 heteroatoms. The standard InChI is InChI=1S/C6H11F4O3P.C3H4F4/c7-4-5(6(8,9)10)2-1-3-14(11,12)13;4-2-1-3(5,6)7/h5H,1-4H2,(H2,11,12,13);1-2H2. The molecule has 0 radical (unpaired) electrons. The lowest BCUT2D eigenvalue weighted by Gasteiger charge is -2.16. The topological polar surface area (TPSA) is 57.5 Å². The summed E-state index contributed by atoms with van der Waals surface area (Å²) in [5.74, 6) is -2.12. The van der Waals surface area contributed by atoms with E-state index in [2.05, 4.69) is 0 Å². The third-order valence-electron chi connectivity index (χ3n) is 2.03. The van der Waals surface area contributed by atoms with Crippen molar-refractivity contribution in [3.63, 3.8) is 0 Å². The number of hydrogen-bond acceptors (Lipinski definition) is 1. The van der Waals surface area contributed by atoms with Crippen molar-refractivity contribution in [2.24, 2.45) is 5.92 Å². The largest absolute Gasteiger partial charge is 0.394 e. The quantitative estimate of drug-likeness (QED) is 0.560. The van der Waals surface area contributed by atoms with Gasteiger partial charge in [-0.1, -0.05) is 0 Å². The summed E-state index contributed by atoms with van der Waals surface area (Å²) in [4.78, 5) is 16.7. The molecule has 2 N–H and O–H groups in total. The Hall–Kier alpha value is -0.410. The Morgan fingerprint density at radius 1 is 1.00 bits per heavy atom. The highest BCUT2D eigenvalue weighted by atomic mass is 31.2. The van der Waals surface area contributed by atoms with E-state index in [4.69, 9.17) is 9.79 Å². The Kier molecular flexibility index (Phi) is 10.4. The monoisotopic (exact) mass is 354 g/mol. The molecule has 0 aromatic heterocycles. The Bertz CT molecular complexity index is 311. The van der Waals surface area contributed by atoms with Gasteiger partial charge in [-0.2, -0.15) is 26.3 Å². The second kappa shape index (κ2) is 9.58. The average Bonchev–Trinajstić information content (AvgIpc) is 2.20. The van der Waals surface area contributed by atoms with Gasteiger partial charge in [-0.25, -0.2) is 0 Å². The molecule has 0 aliphatic heterocycles. The minimum absolute atomic E-state index is 0.335. The van der Waals surface area contributed by atoms with Crippen LogP contribution in [0.25, 0.3) is 0 Å². The van der Waals surface area contributed by atoms with Gasteiger partial charge in [0, 0.05) is 6.16 Å². The van der Waals surface area contributed by atoms with Crippen LogP contribution in [0.2, 0.25) is 0 Å². The second-order valence-corrected chi connectivity index (χ2v) is 5.75. The SMILES string of the molecule is FCCC(F)(F)F.O=P(O)(O)CCCC(CF)C(F)(F)F. The first kappa shape index (κ1) is 22.9. The van der Waals surface area contributed by atoms with Crippen molar-refractivity contribution >= 4 is 7.60 Å². The lowest BCUT2D eigenvalue weighted by Crippen LogP contribution is -2.24. The highest BCUT2D eigenvalue weighted by Crippen LogP contribution is 2.37. The van der Waals surface area contributed by atoms with Crippen molar-refractivity contribution in [1.82, 2.24) is 0 Å². The predicted molar refractivity (Wildman–Crippen MR) is 58.3 cm³/mol. The van der Waals surface area contributed by atoms with Crippen molar-refractivity contribution in [2.45, 2.75) is 31.6 Å². The number of hydrogen-bond donors (Lipinski definition) is 2. The number of halogens is 8. The van der Waals surface area contributed by atoms with Gasteiger partial charge in [0.05, 0.1) is 19.0 Å². The lowest BCUT2D eigenvalue weighted by molar-refractivity contribution is -0.180. The van der Waals surface area contributed by atoms with Crippen LogP contribution >= 0.6 is 7.60 Å². The van der Waals surface area contributed by atoms with Crippen LogP contribution in [0.5, 0.6) is 0 Å². The van der Waals surface area contributed by atoms with Gasteiger partial charge in [-0.05, 0) is 12.8 Å². The Labute approximate surface area is 115 Å². The number of rotatable bonds is 6. The highest BCUT2D eigenvalue weighted by Gasteiger charge is 2.39. The van der Waals surface area contributed by atoms with E-state index in [0.717, 1.165) is 0 Å². The molecule has 3 nitrogen and oxygen atoms in total. The van der Waals surface area contributed by atoms with Crippen LogP contribution in [0.1, 0.15) is 19.3 Å². The van der Waals surface area contributed by atoms with Crippen LogP contribution in [0, 0.1) is 5.92 Å². The molecule has 0 amide bonds. The Morgan fingerprint density at radius 2 is 1.48 bits per heavy atom. The third kappa shape index (κ3) is 17.5. The Morgan fingerprint density at radius 3 is 1.67 bits per heavy atom. The van der Waals surface area contributed by atoms with Gasteiger partial charge in [-0.15, -0.1) is 0 Å². The van der Waals surface area contributed by atoms with Crippen LogP contribution in [0.3, 0.4) is 0 Å². The van der Waals surface area contributed by atoms with Crippen LogP contribution in [0.15, 0.2) is 0 Å². The van der Waals surface area contributed by atoms with Gasteiger partial charge in [0.25, 0.3) is 0 Å². The molecule has 0 aromatic rings. The van der Waals surface area contributed by atoms with Gasteiger partial charge in [0.1, 0.15) is 6.67 Å². The van der Waals surface area contributed by atoms with Gasteiger partial charge in [0.15, 0.2) is 0 Å². The molecule has 0 fully saturated rings. The predicted octanol–water partition coefficient (Wildman–Crippen LogP) is 4.00. The molecule has 130 valence electrons. The summed E-state index contributed by atoms with van der Waals surface area (Å²) in [5, 5.41) is 0. The smallest absolute Gasteiger partial charge is 0.324 e. The molecule has 0 bridgehead atoms. The highest BCUT2D eigenvalue weighted by molar-refractivity contribution is 7.51. The first-order valence-electron chi connectivity index (χ1n) is 5.53. The van der Waals surface area contributed by atoms with E-state index in [1.54, 1.807) is 0 Å². The molecule has 21 heavy (non-hydrogen) atoms. The van der Waals surface area contributed by atoms with Gasteiger partial charge in [-0.3, -0.25) is 13.3 Å². The number of alkyl halides is 8. The molecule has 0 spiro atoms. The van der Waals surface area contributed by atoms with E-state index in [0.29, 0.717) is 0 Å². The van der Waals surface area contributed by atoms with Crippen LogP contribution in [-0.2, 0) is 4.57 Å².